The van der Waals surface area contributed by atoms with Gasteiger partial charge in [0.25, 0.3) is 0 Å². The van der Waals surface area contributed by atoms with Gasteiger partial charge in [0.1, 0.15) is 5.60 Å². The maximum absolute atomic E-state index is 10.4. The molecule has 2 N–H and O–H groups in total. The number of ether oxygens (including phenoxy) is 1. The number of nitrogens with one attached hydrogen (secondary N) is 1. The Hall–Kier alpha value is -0.900. The first-order valence-electron chi connectivity index (χ1n) is 6.29. The van der Waals surface area contributed by atoms with E-state index in [2.05, 4.69) is 5.32 Å². The SMILES string of the molecule is CC(O)(CO[C@H]1CCCNC1)c1ccccc1. The summed E-state index contributed by atoms with van der Waals surface area (Å²) in [5.74, 6) is 0. The van der Waals surface area contributed by atoms with Crippen LogP contribution in [0.5, 0.6) is 0 Å². The summed E-state index contributed by atoms with van der Waals surface area (Å²) in [4.78, 5) is 0. The normalized spacial score (nSPS) is 24.2. The lowest BCUT2D eigenvalue weighted by Gasteiger charge is -2.29. The van der Waals surface area contributed by atoms with Crippen molar-refractivity contribution in [2.24, 2.45) is 0 Å². The predicted molar refractivity (Wildman–Crippen MR) is 67.9 cm³/mol. The average Bonchev–Trinajstić information content (AvgIpc) is 2.39. The van der Waals surface area contributed by atoms with E-state index in [1.807, 2.05) is 30.3 Å². The summed E-state index contributed by atoms with van der Waals surface area (Å²) in [6.45, 7) is 4.13. The molecule has 1 aliphatic rings. The molecule has 1 aromatic rings. The lowest BCUT2D eigenvalue weighted by Crippen LogP contribution is -2.38. The molecule has 0 aromatic heterocycles. The van der Waals surface area contributed by atoms with E-state index in [0.29, 0.717) is 6.61 Å². The molecule has 0 radical (unpaired) electrons. The van der Waals surface area contributed by atoms with E-state index < -0.39 is 5.60 Å². The summed E-state index contributed by atoms with van der Waals surface area (Å²) in [6, 6.07) is 9.69. The van der Waals surface area contributed by atoms with Crippen molar-refractivity contribution in [2.75, 3.05) is 19.7 Å². The Labute approximate surface area is 103 Å². The van der Waals surface area contributed by atoms with Crippen LogP contribution in [0.15, 0.2) is 30.3 Å². The van der Waals surface area contributed by atoms with Gasteiger partial charge in [-0.3, -0.25) is 0 Å². The van der Waals surface area contributed by atoms with Crippen LogP contribution in [0.1, 0.15) is 25.3 Å². The summed E-state index contributed by atoms with van der Waals surface area (Å²) in [7, 11) is 0. The standard InChI is InChI=1S/C14H21NO2/c1-14(16,12-6-3-2-4-7-12)11-17-13-8-5-9-15-10-13/h2-4,6-7,13,15-16H,5,8-11H2,1H3/t13-,14?/m0/s1. The van der Waals surface area contributed by atoms with Crippen molar-refractivity contribution in [3.63, 3.8) is 0 Å². The molecule has 17 heavy (non-hydrogen) atoms. The number of aliphatic hydroxyl groups is 1. The number of hydrogen-bond acceptors (Lipinski definition) is 3. The summed E-state index contributed by atoms with van der Waals surface area (Å²) < 4.78 is 5.79. The zero-order valence-electron chi connectivity index (χ0n) is 10.4. The molecule has 0 saturated carbocycles. The fourth-order valence-electron chi connectivity index (χ4n) is 2.12. The largest absolute Gasteiger partial charge is 0.383 e. The maximum Gasteiger partial charge on any atom is 0.110 e. The van der Waals surface area contributed by atoms with Crippen LogP contribution in [-0.2, 0) is 10.3 Å². The highest BCUT2D eigenvalue weighted by Crippen LogP contribution is 2.21. The topological polar surface area (TPSA) is 41.5 Å². The molecule has 3 nitrogen and oxygen atoms in total. The van der Waals surface area contributed by atoms with Crippen molar-refractivity contribution in [3.05, 3.63) is 35.9 Å². The van der Waals surface area contributed by atoms with Gasteiger partial charge in [-0.25, -0.2) is 0 Å². The smallest absolute Gasteiger partial charge is 0.110 e. The number of hydrogen-bond donors (Lipinski definition) is 2. The highest BCUT2D eigenvalue weighted by atomic mass is 16.5. The first-order valence-corrected chi connectivity index (χ1v) is 6.29. The molecule has 0 aliphatic carbocycles. The van der Waals surface area contributed by atoms with E-state index in [1.54, 1.807) is 6.92 Å². The minimum Gasteiger partial charge on any atom is -0.383 e. The van der Waals surface area contributed by atoms with Crippen LogP contribution in [-0.4, -0.2) is 30.9 Å². The molecular formula is C14H21NO2. The Morgan fingerprint density at radius 3 is 2.82 bits per heavy atom. The zero-order chi connectivity index (χ0) is 12.1. The monoisotopic (exact) mass is 235 g/mol. The Bertz CT molecular complexity index is 331. The first kappa shape index (κ1) is 12.6. The molecule has 1 saturated heterocycles. The number of rotatable bonds is 4. The third kappa shape index (κ3) is 3.53. The van der Waals surface area contributed by atoms with Gasteiger partial charge in [-0.05, 0) is 31.9 Å². The van der Waals surface area contributed by atoms with E-state index in [9.17, 15) is 5.11 Å². The van der Waals surface area contributed by atoms with E-state index in [1.165, 1.54) is 0 Å². The number of benzene rings is 1. The van der Waals surface area contributed by atoms with Crippen LogP contribution in [0.25, 0.3) is 0 Å². The van der Waals surface area contributed by atoms with Gasteiger partial charge in [0.05, 0.1) is 12.7 Å². The lowest BCUT2D eigenvalue weighted by atomic mass is 9.97. The molecular weight excluding hydrogens is 214 g/mol. The Kier molecular flexibility index (Phi) is 4.15. The second-order valence-electron chi connectivity index (χ2n) is 4.92. The molecule has 94 valence electrons. The second kappa shape index (κ2) is 5.63. The third-order valence-corrected chi connectivity index (χ3v) is 3.25. The van der Waals surface area contributed by atoms with Crippen molar-refractivity contribution < 1.29 is 9.84 Å². The minimum atomic E-state index is -0.904. The average molecular weight is 235 g/mol. The van der Waals surface area contributed by atoms with Crippen molar-refractivity contribution in [1.29, 1.82) is 0 Å². The summed E-state index contributed by atoms with van der Waals surface area (Å²) >= 11 is 0. The molecule has 0 bridgehead atoms. The van der Waals surface area contributed by atoms with Crippen molar-refractivity contribution >= 4 is 0 Å². The van der Waals surface area contributed by atoms with Crippen LogP contribution in [0.3, 0.4) is 0 Å². The van der Waals surface area contributed by atoms with E-state index in [0.717, 1.165) is 31.5 Å². The molecule has 0 spiro atoms. The van der Waals surface area contributed by atoms with Gasteiger partial charge in [-0.2, -0.15) is 0 Å². The van der Waals surface area contributed by atoms with Gasteiger partial charge in [-0.1, -0.05) is 30.3 Å². The van der Waals surface area contributed by atoms with Gasteiger partial charge < -0.3 is 15.2 Å². The fraction of sp³-hybridized carbons (Fsp3) is 0.571. The van der Waals surface area contributed by atoms with E-state index in [4.69, 9.17) is 4.74 Å². The molecule has 0 amide bonds. The fourth-order valence-corrected chi connectivity index (χ4v) is 2.12. The third-order valence-electron chi connectivity index (χ3n) is 3.25. The molecule has 3 heteroatoms. The molecule has 2 rings (SSSR count). The van der Waals surface area contributed by atoms with E-state index in [-0.39, 0.29) is 6.10 Å². The molecule has 1 aliphatic heterocycles. The summed E-state index contributed by atoms with van der Waals surface area (Å²) in [5, 5.41) is 13.7. The van der Waals surface area contributed by atoms with Gasteiger partial charge in [0.15, 0.2) is 0 Å². The molecule has 1 aromatic carbocycles. The first-order chi connectivity index (χ1) is 8.18. The van der Waals surface area contributed by atoms with Crippen molar-refractivity contribution in [2.45, 2.75) is 31.5 Å². The van der Waals surface area contributed by atoms with Crippen LogP contribution in [0, 0.1) is 0 Å². The number of piperidine rings is 1. The summed E-state index contributed by atoms with van der Waals surface area (Å²) in [6.07, 6.45) is 2.47. The van der Waals surface area contributed by atoms with Crippen molar-refractivity contribution in [1.82, 2.24) is 5.32 Å². The van der Waals surface area contributed by atoms with Crippen LogP contribution in [0.4, 0.5) is 0 Å². The van der Waals surface area contributed by atoms with Gasteiger partial charge in [0, 0.05) is 6.54 Å². The van der Waals surface area contributed by atoms with Crippen LogP contribution >= 0.6 is 0 Å². The van der Waals surface area contributed by atoms with E-state index >= 15 is 0 Å². The predicted octanol–water partition coefficient (Wildman–Crippen LogP) is 1.66. The Balaban J connectivity index is 1.88. The van der Waals surface area contributed by atoms with Crippen molar-refractivity contribution in [3.8, 4) is 0 Å². The van der Waals surface area contributed by atoms with Crippen LogP contribution < -0.4 is 5.32 Å². The molecule has 1 heterocycles. The maximum atomic E-state index is 10.4. The summed E-state index contributed by atoms with van der Waals surface area (Å²) in [5.41, 5.74) is 0.00221. The Morgan fingerprint density at radius 2 is 2.18 bits per heavy atom. The zero-order valence-corrected chi connectivity index (χ0v) is 10.4. The molecule has 2 atom stereocenters. The minimum absolute atomic E-state index is 0.235. The van der Waals surface area contributed by atoms with Gasteiger partial charge in [-0.15, -0.1) is 0 Å². The highest BCUT2D eigenvalue weighted by molar-refractivity contribution is 5.21. The highest BCUT2D eigenvalue weighted by Gasteiger charge is 2.25. The van der Waals surface area contributed by atoms with Gasteiger partial charge in [0.2, 0.25) is 0 Å². The van der Waals surface area contributed by atoms with Crippen LogP contribution in [0.2, 0.25) is 0 Å². The molecule has 1 unspecified atom stereocenters. The van der Waals surface area contributed by atoms with Gasteiger partial charge >= 0.3 is 0 Å². The Morgan fingerprint density at radius 1 is 1.41 bits per heavy atom. The molecule has 1 fully saturated rings. The lowest BCUT2D eigenvalue weighted by molar-refractivity contribution is -0.0715. The second-order valence-corrected chi connectivity index (χ2v) is 4.92. The quantitative estimate of drug-likeness (QED) is 0.834.